The maximum Gasteiger partial charge on any atom is 0.323 e. The first-order chi connectivity index (χ1) is 24.6. The molecule has 0 radical (unpaired) electrons. The minimum absolute atomic E-state index is 0.0317. The Morgan fingerprint density at radius 3 is 1.42 bits per heavy atom. The fraction of sp³-hybridized carbons (Fsp3) is 0.955. The van der Waals surface area contributed by atoms with Crippen LogP contribution in [0.1, 0.15) is 239 Å². The number of ether oxygens (including phenoxy) is 2. The Labute approximate surface area is 311 Å². The predicted octanol–water partition coefficient (Wildman–Crippen LogP) is 12.7. The SMILES string of the molecule is CCCCCCCCCCCOC(=O)CCCCCNC(CCCCCCCCO)C(=O)OC(CCCCCCCC)CCCCCCCC. The molecule has 6 nitrogen and oxygen atoms in total. The molecule has 6 heteroatoms. The maximum absolute atomic E-state index is 13.6. The molecule has 0 fully saturated rings. The molecule has 0 saturated carbocycles. The topological polar surface area (TPSA) is 84.9 Å². The number of unbranched alkanes of at least 4 members (excludes halogenated alkanes) is 25. The first kappa shape index (κ1) is 48.9. The van der Waals surface area contributed by atoms with Crippen molar-refractivity contribution < 1.29 is 24.2 Å². The minimum Gasteiger partial charge on any atom is -0.466 e. The van der Waals surface area contributed by atoms with Crippen LogP contribution < -0.4 is 5.32 Å². The zero-order chi connectivity index (χ0) is 36.6. The second-order valence-electron chi connectivity index (χ2n) is 15.2. The van der Waals surface area contributed by atoms with Crippen LogP contribution in [0, 0.1) is 0 Å². The Morgan fingerprint density at radius 2 is 0.920 bits per heavy atom. The van der Waals surface area contributed by atoms with Crippen molar-refractivity contribution in [3.63, 3.8) is 0 Å². The molecule has 0 aromatic carbocycles. The summed E-state index contributed by atoms with van der Waals surface area (Å²) in [7, 11) is 0. The van der Waals surface area contributed by atoms with E-state index in [4.69, 9.17) is 14.6 Å². The molecule has 0 saturated heterocycles. The Kier molecular flexibility index (Phi) is 39.7. The smallest absolute Gasteiger partial charge is 0.323 e. The quantitative estimate of drug-likeness (QED) is 0.0485. The van der Waals surface area contributed by atoms with E-state index < -0.39 is 0 Å². The van der Waals surface area contributed by atoms with Gasteiger partial charge in [0, 0.05) is 13.0 Å². The molecule has 0 heterocycles. The molecule has 0 rings (SSSR count). The van der Waals surface area contributed by atoms with Gasteiger partial charge in [-0.05, 0) is 64.3 Å². The molecule has 2 N–H and O–H groups in total. The molecule has 298 valence electrons. The molecule has 0 aromatic rings. The van der Waals surface area contributed by atoms with Gasteiger partial charge in [-0.3, -0.25) is 9.59 Å². The van der Waals surface area contributed by atoms with E-state index in [0.29, 0.717) is 13.0 Å². The van der Waals surface area contributed by atoms with Gasteiger partial charge in [0.1, 0.15) is 12.1 Å². The van der Waals surface area contributed by atoms with Gasteiger partial charge in [-0.25, -0.2) is 0 Å². The highest BCUT2D eigenvalue weighted by molar-refractivity contribution is 5.76. The van der Waals surface area contributed by atoms with Crippen molar-refractivity contribution in [3.05, 3.63) is 0 Å². The molecular formula is C44H87NO5. The van der Waals surface area contributed by atoms with Crippen LogP contribution in [0.4, 0.5) is 0 Å². The Morgan fingerprint density at radius 1 is 0.500 bits per heavy atom. The molecule has 50 heavy (non-hydrogen) atoms. The fourth-order valence-corrected chi connectivity index (χ4v) is 6.80. The normalized spacial score (nSPS) is 12.1. The second-order valence-corrected chi connectivity index (χ2v) is 15.2. The summed E-state index contributed by atoms with van der Waals surface area (Å²) in [6.45, 7) is 8.37. The van der Waals surface area contributed by atoms with Crippen LogP contribution in [0.5, 0.6) is 0 Å². The number of carbonyl (C=O) groups is 2. The summed E-state index contributed by atoms with van der Waals surface area (Å²) in [5, 5.41) is 12.6. The number of nitrogens with one attached hydrogen (secondary N) is 1. The van der Waals surface area contributed by atoms with Crippen LogP contribution in [-0.4, -0.2) is 48.9 Å². The second kappa shape index (κ2) is 40.6. The van der Waals surface area contributed by atoms with Crippen LogP contribution in [0.25, 0.3) is 0 Å². The third-order valence-electron chi connectivity index (χ3n) is 10.2. The highest BCUT2D eigenvalue weighted by Crippen LogP contribution is 2.19. The molecule has 0 aliphatic carbocycles. The highest BCUT2D eigenvalue weighted by atomic mass is 16.5. The van der Waals surface area contributed by atoms with Crippen LogP contribution in [0.15, 0.2) is 0 Å². The largest absolute Gasteiger partial charge is 0.466 e. The first-order valence-electron chi connectivity index (χ1n) is 22.3. The molecule has 1 unspecified atom stereocenters. The summed E-state index contributed by atoms with van der Waals surface area (Å²) in [5.74, 6) is -0.132. The van der Waals surface area contributed by atoms with E-state index in [2.05, 4.69) is 26.1 Å². The first-order valence-corrected chi connectivity index (χ1v) is 22.3. The van der Waals surface area contributed by atoms with Crippen molar-refractivity contribution in [2.45, 2.75) is 251 Å². The molecule has 0 aliphatic rings. The van der Waals surface area contributed by atoms with Crippen LogP contribution in [-0.2, 0) is 19.1 Å². The maximum atomic E-state index is 13.6. The van der Waals surface area contributed by atoms with Crippen molar-refractivity contribution in [1.29, 1.82) is 0 Å². The van der Waals surface area contributed by atoms with Gasteiger partial charge in [-0.2, -0.15) is 0 Å². The molecule has 0 aromatic heterocycles. The van der Waals surface area contributed by atoms with E-state index in [0.717, 1.165) is 109 Å². The number of hydrogen-bond acceptors (Lipinski definition) is 6. The zero-order valence-corrected chi connectivity index (χ0v) is 33.9. The van der Waals surface area contributed by atoms with Crippen molar-refractivity contribution in [2.24, 2.45) is 0 Å². The van der Waals surface area contributed by atoms with E-state index in [-0.39, 0.29) is 30.7 Å². The van der Waals surface area contributed by atoms with E-state index in [1.54, 1.807) is 0 Å². The summed E-state index contributed by atoms with van der Waals surface area (Å²) in [5.41, 5.74) is 0. The molecule has 0 amide bonds. The minimum atomic E-state index is -0.259. The van der Waals surface area contributed by atoms with Crippen molar-refractivity contribution in [2.75, 3.05) is 19.8 Å². The average Bonchev–Trinajstić information content (AvgIpc) is 3.11. The number of aliphatic hydroxyl groups excluding tert-OH is 1. The number of carbonyl (C=O) groups excluding carboxylic acids is 2. The van der Waals surface area contributed by atoms with Gasteiger partial charge in [0.15, 0.2) is 0 Å². The van der Waals surface area contributed by atoms with Crippen LogP contribution >= 0.6 is 0 Å². The van der Waals surface area contributed by atoms with Crippen molar-refractivity contribution >= 4 is 11.9 Å². The third-order valence-corrected chi connectivity index (χ3v) is 10.2. The lowest BCUT2D eigenvalue weighted by Crippen LogP contribution is -2.40. The van der Waals surface area contributed by atoms with Gasteiger partial charge >= 0.3 is 11.9 Å². The van der Waals surface area contributed by atoms with Crippen LogP contribution in [0.2, 0.25) is 0 Å². The molecule has 1 atom stereocenters. The highest BCUT2D eigenvalue weighted by Gasteiger charge is 2.23. The van der Waals surface area contributed by atoms with Gasteiger partial charge < -0.3 is 19.9 Å². The lowest BCUT2D eigenvalue weighted by atomic mass is 10.0. The Balaban J connectivity index is 4.61. The lowest BCUT2D eigenvalue weighted by molar-refractivity contribution is -0.152. The van der Waals surface area contributed by atoms with Crippen molar-refractivity contribution in [3.8, 4) is 0 Å². The molecule has 0 aliphatic heterocycles. The summed E-state index contributed by atoms with van der Waals surface area (Å²) in [6, 6.07) is -0.259. The third kappa shape index (κ3) is 35.3. The van der Waals surface area contributed by atoms with Gasteiger partial charge in [0.05, 0.1) is 6.61 Å². The summed E-state index contributed by atoms with van der Waals surface area (Å²) >= 11 is 0. The van der Waals surface area contributed by atoms with Gasteiger partial charge in [0.2, 0.25) is 0 Å². The average molecular weight is 710 g/mol. The molecule has 0 bridgehead atoms. The summed E-state index contributed by atoms with van der Waals surface area (Å²) in [6.07, 6.45) is 38.9. The Bertz CT molecular complexity index is 686. The van der Waals surface area contributed by atoms with E-state index in [1.807, 2.05) is 0 Å². The fourth-order valence-electron chi connectivity index (χ4n) is 6.80. The molecule has 0 spiro atoms. The summed E-state index contributed by atoms with van der Waals surface area (Å²) in [4.78, 5) is 25.8. The predicted molar refractivity (Wildman–Crippen MR) is 214 cm³/mol. The van der Waals surface area contributed by atoms with E-state index in [9.17, 15) is 9.59 Å². The number of aliphatic hydroxyl groups is 1. The van der Waals surface area contributed by atoms with Crippen LogP contribution in [0.3, 0.4) is 0 Å². The molecular weight excluding hydrogens is 622 g/mol. The van der Waals surface area contributed by atoms with Gasteiger partial charge in [-0.15, -0.1) is 0 Å². The lowest BCUT2D eigenvalue weighted by Gasteiger charge is -2.23. The monoisotopic (exact) mass is 710 g/mol. The number of esters is 2. The number of hydrogen-bond donors (Lipinski definition) is 2. The van der Waals surface area contributed by atoms with Gasteiger partial charge in [0.25, 0.3) is 0 Å². The zero-order valence-electron chi connectivity index (χ0n) is 33.9. The van der Waals surface area contributed by atoms with Gasteiger partial charge in [-0.1, -0.05) is 175 Å². The number of rotatable bonds is 41. The summed E-state index contributed by atoms with van der Waals surface area (Å²) < 4.78 is 11.8. The standard InChI is InChI=1S/C44H87NO5/c1-4-7-10-13-16-17-20-25-33-40-49-43(47)37-30-26-31-38-45-42(36-29-23-18-19-24-32-39-46)44(48)50-41(34-27-21-14-11-8-5-2)35-28-22-15-12-9-6-3/h41-42,45-46H,4-40H2,1-3H3. The Hall–Kier alpha value is -1.14. The van der Waals surface area contributed by atoms with E-state index >= 15 is 0 Å². The van der Waals surface area contributed by atoms with Crippen molar-refractivity contribution in [1.82, 2.24) is 5.32 Å². The van der Waals surface area contributed by atoms with E-state index in [1.165, 1.54) is 109 Å².